The van der Waals surface area contributed by atoms with E-state index in [9.17, 15) is 17.6 Å². The van der Waals surface area contributed by atoms with Crippen molar-refractivity contribution in [2.75, 3.05) is 18.0 Å². The average Bonchev–Trinajstić information content (AvgIpc) is 2.73. The molecule has 3 rings (SSSR count). The Bertz CT molecular complexity index is 978. The molecule has 2 aromatic rings. The molecule has 5 nitrogen and oxygen atoms in total. The molecule has 0 fully saturated rings. The molecule has 2 aromatic carbocycles. The molecule has 1 heterocycles. The molecule has 0 aromatic heterocycles. The molecule has 0 saturated heterocycles. The lowest BCUT2D eigenvalue weighted by Crippen LogP contribution is -2.34. The number of halogens is 1. The van der Waals surface area contributed by atoms with Crippen molar-refractivity contribution in [3.8, 4) is 0 Å². The molecular formula is C23H29FN2O3S. The zero-order valence-corrected chi connectivity index (χ0v) is 18.2. The fraction of sp³-hybridized carbons (Fsp3) is 0.435. The Hall–Kier alpha value is -2.25. The summed E-state index contributed by atoms with van der Waals surface area (Å²) in [7, 11) is -4.02. The van der Waals surface area contributed by atoms with Gasteiger partial charge in [-0.05, 0) is 36.6 Å². The van der Waals surface area contributed by atoms with E-state index < -0.39 is 15.8 Å². The normalized spacial score (nSPS) is 17.3. The molecular weight excluding hydrogens is 403 g/mol. The number of fused-ring (bicyclic) bond motifs is 1. The maximum Gasteiger partial charge on any atom is 0.246 e. The van der Waals surface area contributed by atoms with Crippen LogP contribution in [0.25, 0.3) is 0 Å². The predicted octanol–water partition coefficient (Wildman–Crippen LogP) is 4.72. The molecule has 0 saturated carbocycles. The fourth-order valence-electron chi connectivity index (χ4n) is 3.89. The lowest BCUT2D eigenvalue weighted by molar-refractivity contribution is -0.116. The maximum atomic E-state index is 14.3. The van der Waals surface area contributed by atoms with Crippen molar-refractivity contribution in [1.29, 1.82) is 0 Å². The van der Waals surface area contributed by atoms with E-state index in [1.807, 2.05) is 24.3 Å². The van der Waals surface area contributed by atoms with Crippen LogP contribution >= 0.6 is 0 Å². The van der Waals surface area contributed by atoms with E-state index in [0.29, 0.717) is 19.5 Å². The van der Waals surface area contributed by atoms with E-state index in [0.717, 1.165) is 43.4 Å². The number of benzene rings is 2. The molecule has 0 unspecified atom stereocenters. The molecule has 162 valence electrons. The zero-order chi connectivity index (χ0) is 21.6. The molecule has 1 aliphatic rings. The van der Waals surface area contributed by atoms with Gasteiger partial charge in [-0.15, -0.1) is 0 Å². The molecule has 0 bridgehead atoms. The van der Waals surface area contributed by atoms with E-state index in [1.54, 1.807) is 4.90 Å². The summed E-state index contributed by atoms with van der Waals surface area (Å²) in [5.41, 5.74) is 1.46. The maximum absolute atomic E-state index is 14.3. The predicted molar refractivity (Wildman–Crippen MR) is 116 cm³/mol. The van der Waals surface area contributed by atoms with Crippen LogP contribution in [0.3, 0.4) is 0 Å². The largest absolute Gasteiger partial charge is 0.312 e. The SMILES string of the molecule is CC(=O)N1CCCCCCCCN(S(=O)(=O)c2ccccc2F)Cc2ccccc21. The second-order valence-corrected chi connectivity index (χ2v) is 9.60. The highest BCUT2D eigenvalue weighted by Crippen LogP contribution is 2.27. The Kier molecular flexibility index (Phi) is 7.61. The molecule has 0 spiro atoms. The van der Waals surface area contributed by atoms with E-state index in [-0.39, 0.29) is 17.3 Å². The van der Waals surface area contributed by atoms with Gasteiger partial charge >= 0.3 is 0 Å². The summed E-state index contributed by atoms with van der Waals surface area (Å²) in [5.74, 6) is -0.820. The number of anilines is 1. The van der Waals surface area contributed by atoms with Gasteiger partial charge in [-0.25, -0.2) is 12.8 Å². The fourth-order valence-corrected chi connectivity index (χ4v) is 5.41. The molecule has 7 heteroatoms. The van der Waals surface area contributed by atoms with Crippen LogP contribution in [0, 0.1) is 5.82 Å². The first kappa shape index (κ1) is 22.4. The Morgan fingerprint density at radius 1 is 0.867 bits per heavy atom. The van der Waals surface area contributed by atoms with Gasteiger partial charge in [0.1, 0.15) is 10.7 Å². The van der Waals surface area contributed by atoms with Crippen LogP contribution in [0.5, 0.6) is 0 Å². The number of amides is 1. The van der Waals surface area contributed by atoms with Gasteiger partial charge in [0.2, 0.25) is 15.9 Å². The molecule has 0 radical (unpaired) electrons. The minimum absolute atomic E-state index is 0.0687. The highest BCUT2D eigenvalue weighted by Gasteiger charge is 2.28. The highest BCUT2D eigenvalue weighted by atomic mass is 32.2. The monoisotopic (exact) mass is 432 g/mol. The Labute approximate surface area is 178 Å². The summed E-state index contributed by atoms with van der Waals surface area (Å²) in [6.07, 6.45) is 5.63. The standard InChI is InChI=1S/C23H29FN2O3S/c1-19(27)26-17-11-5-3-2-4-10-16-25(18-20-12-6-8-14-22(20)26)30(28,29)23-15-9-7-13-21(23)24/h6-9,12-15H,2-5,10-11,16-18H2,1H3. The number of carbonyl (C=O) groups is 1. The third-order valence-electron chi connectivity index (χ3n) is 5.50. The summed E-state index contributed by atoms with van der Waals surface area (Å²) < 4.78 is 42.3. The van der Waals surface area contributed by atoms with Crippen molar-refractivity contribution in [3.63, 3.8) is 0 Å². The van der Waals surface area contributed by atoms with Crippen molar-refractivity contribution in [1.82, 2.24) is 4.31 Å². The van der Waals surface area contributed by atoms with Crippen LogP contribution in [0.15, 0.2) is 53.4 Å². The number of hydrogen-bond donors (Lipinski definition) is 0. The van der Waals surface area contributed by atoms with Gasteiger partial charge in [-0.1, -0.05) is 56.0 Å². The minimum Gasteiger partial charge on any atom is -0.312 e. The average molecular weight is 433 g/mol. The Balaban J connectivity index is 2.02. The molecule has 1 aliphatic heterocycles. The van der Waals surface area contributed by atoms with E-state index in [1.165, 1.54) is 35.5 Å². The van der Waals surface area contributed by atoms with Gasteiger partial charge in [0, 0.05) is 32.2 Å². The second-order valence-electron chi connectivity index (χ2n) is 7.69. The van der Waals surface area contributed by atoms with Crippen molar-refractivity contribution >= 4 is 21.6 Å². The van der Waals surface area contributed by atoms with Gasteiger partial charge in [-0.2, -0.15) is 4.31 Å². The van der Waals surface area contributed by atoms with Crippen molar-refractivity contribution in [2.24, 2.45) is 0 Å². The third-order valence-corrected chi connectivity index (χ3v) is 7.38. The number of carbonyl (C=O) groups excluding carboxylic acids is 1. The third kappa shape index (κ3) is 5.26. The van der Waals surface area contributed by atoms with Crippen molar-refractivity contribution in [2.45, 2.75) is 56.9 Å². The number of nitrogens with zero attached hydrogens (tertiary/aromatic N) is 2. The van der Waals surface area contributed by atoms with E-state index >= 15 is 0 Å². The lowest BCUT2D eigenvalue weighted by atomic mass is 10.1. The summed E-state index contributed by atoms with van der Waals surface area (Å²) in [6.45, 7) is 2.54. The van der Waals surface area contributed by atoms with Crippen LogP contribution in [0.1, 0.15) is 51.0 Å². The van der Waals surface area contributed by atoms with E-state index in [2.05, 4.69) is 0 Å². The summed E-state index contributed by atoms with van der Waals surface area (Å²) in [4.78, 5) is 13.7. The topological polar surface area (TPSA) is 57.7 Å². The summed E-state index contributed by atoms with van der Waals surface area (Å²) >= 11 is 0. The van der Waals surface area contributed by atoms with E-state index in [4.69, 9.17) is 0 Å². The van der Waals surface area contributed by atoms with Gasteiger partial charge in [0.05, 0.1) is 0 Å². The summed E-state index contributed by atoms with van der Waals surface area (Å²) in [6, 6.07) is 12.9. The number of rotatable bonds is 2. The van der Waals surface area contributed by atoms with Crippen molar-refractivity contribution in [3.05, 3.63) is 59.9 Å². The molecule has 1 amide bonds. The van der Waals surface area contributed by atoms with Gasteiger partial charge in [0.25, 0.3) is 0 Å². The van der Waals surface area contributed by atoms with Crippen LogP contribution in [-0.4, -0.2) is 31.7 Å². The number of sulfonamides is 1. The molecule has 0 N–H and O–H groups in total. The molecule has 30 heavy (non-hydrogen) atoms. The second kappa shape index (κ2) is 10.2. The molecule has 0 aliphatic carbocycles. The molecule has 0 atom stereocenters. The number of hydrogen-bond acceptors (Lipinski definition) is 3. The van der Waals surface area contributed by atoms with Gasteiger partial charge in [-0.3, -0.25) is 4.79 Å². The van der Waals surface area contributed by atoms with Gasteiger partial charge < -0.3 is 4.90 Å². The highest BCUT2D eigenvalue weighted by molar-refractivity contribution is 7.89. The Morgan fingerprint density at radius 2 is 1.47 bits per heavy atom. The van der Waals surface area contributed by atoms with Crippen LogP contribution in [0.4, 0.5) is 10.1 Å². The first-order chi connectivity index (χ1) is 14.4. The summed E-state index contributed by atoms with van der Waals surface area (Å²) in [5, 5.41) is 0. The first-order valence-electron chi connectivity index (χ1n) is 10.5. The lowest BCUT2D eigenvalue weighted by Gasteiger charge is -2.27. The van der Waals surface area contributed by atoms with Crippen LogP contribution < -0.4 is 4.90 Å². The van der Waals surface area contributed by atoms with Crippen LogP contribution in [0.2, 0.25) is 0 Å². The van der Waals surface area contributed by atoms with Crippen molar-refractivity contribution < 1.29 is 17.6 Å². The van der Waals surface area contributed by atoms with Crippen LogP contribution in [-0.2, 0) is 21.4 Å². The zero-order valence-electron chi connectivity index (χ0n) is 17.4. The quantitative estimate of drug-likeness (QED) is 0.690. The minimum atomic E-state index is -4.02. The van der Waals surface area contributed by atoms with Gasteiger partial charge in [0.15, 0.2) is 0 Å². The first-order valence-corrected chi connectivity index (χ1v) is 12.0. The number of para-hydroxylation sites is 1. The smallest absolute Gasteiger partial charge is 0.246 e. The Morgan fingerprint density at radius 3 is 2.17 bits per heavy atom.